The molecule has 2 heterocycles. The summed E-state index contributed by atoms with van der Waals surface area (Å²) in [6.07, 6.45) is 7.52. The van der Waals surface area contributed by atoms with Crippen LogP contribution in [-0.2, 0) is 32.2 Å². The summed E-state index contributed by atoms with van der Waals surface area (Å²) < 4.78 is 13.0. The third-order valence-corrected chi connectivity index (χ3v) is 10.3. The summed E-state index contributed by atoms with van der Waals surface area (Å²) in [6, 6.07) is 33.3. The Balaban J connectivity index is 0.975. The van der Waals surface area contributed by atoms with Crippen LogP contribution in [0.2, 0.25) is 0 Å². The summed E-state index contributed by atoms with van der Waals surface area (Å²) in [5.41, 5.74) is 13.0. The minimum absolute atomic E-state index is 0.00400. The molecule has 4 aromatic carbocycles. The van der Waals surface area contributed by atoms with Crippen molar-refractivity contribution in [1.82, 2.24) is 15.3 Å². The lowest BCUT2D eigenvalue weighted by Crippen LogP contribution is -2.31. The third-order valence-electron chi connectivity index (χ3n) is 9.28. The highest BCUT2D eigenvalue weighted by atomic mass is 32.2. The first-order valence-corrected chi connectivity index (χ1v) is 19.4. The number of benzene rings is 4. The fourth-order valence-electron chi connectivity index (χ4n) is 6.28. The molecule has 5 aromatic rings. The zero-order valence-electron chi connectivity index (χ0n) is 30.2. The second kappa shape index (κ2) is 19.8. The minimum atomic E-state index is -0.557. The van der Waals surface area contributed by atoms with Crippen LogP contribution in [0.4, 0.5) is 11.4 Å². The van der Waals surface area contributed by atoms with Gasteiger partial charge in [0.1, 0.15) is 0 Å². The van der Waals surface area contributed by atoms with Crippen LogP contribution >= 0.6 is 11.8 Å². The maximum Gasteiger partial charge on any atom is 0.224 e. The van der Waals surface area contributed by atoms with Crippen LogP contribution in [0.3, 0.4) is 0 Å². The number of nitrogens with two attached hydrogens (primary N) is 1. The molecule has 0 aliphatic carbocycles. The number of unbranched alkanes of at least 4 members (excludes halogenated alkanes) is 3. The van der Waals surface area contributed by atoms with Gasteiger partial charge in [0.15, 0.2) is 11.4 Å². The fourth-order valence-corrected chi connectivity index (χ4v) is 7.10. The molecule has 1 aliphatic rings. The molecule has 0 spiro atoms. The molecule has 54 heavy (non-hydrogen) atoms. The number of nitrogen functional groups attached to an aromatic ring is 1. The minimum Gasteiger partial charge on any atom is -0.397 e. The smallest absolute Gasteiger partial charge is 0.224 e. The van der Waals surface area contributed by atoms with E-state index in [9.17, 15) is 14.7 Å². The van der Waals surface area contributed by atoms with Gasteiger partial charge in [-0.25, -0.2) is 9.97 Å². The largest absolute Gasteiger partial charge is 0.397 e. The molecule has 1 saturated heterocycles. The van der Waals surface area contributed by atoms with E-state index in [0.717, 1.165) is 59.1 Å². The number of hydrogen-bond donors (Lipinski definition) is 4. The van der Waals surface area contributed by atoms with Gasteiger partial charge in [0.05, 0.1) is 30.2 Å². The Kier molecular flexibility index (Phi) is 14.2. The molecule has 0 saturated carbocycles. The number of ether oxygens (including phenoxy) is 2. The van der Waals surface area contributed by atoms with E-state index in [1.807, 2.05) is 60.7 Å². The standard InChI is InChI=1S/C43H47N5O5S/c44-37-11-5-6-12-38(37)48-41(51)14-4-2-1-3-13-40(50)47-27-31-9-7-10-35(25-31)32-19-21-34(22-20-32)42-52-36(29-54-43-45-23-8-24-46-43)26-39(53-42)33-17-15-30(28-49)16-18-33/h5-12,15-25,36,39,42,49H,1-4,13-14,26-29,44H2,(H,47,50)(H,48,51). The molecule has 1 aromatic heterocycles. The van der Waals surface area contributed by atoms with Crippen LogP contribution in [0, 0.1) is 0 Å². The average molecular weight is 746 g/mol. The van der Waals surface area contributed by atoms with Gasteiger partial charge in [-0.2, -0.15) is 0 Å². The number of aliphatic hydroxyl groups excluding tert-OH is 1. The molecule has 3 atom stereocenters. The fraction of sp³-hybridized carbons (Fsp3) is 0.302. The highest BCUT2D eigenvalue weighted by Crippen LogP contribution is 2.39. The second-order valence-corrected chi connectivity index (χ2v) is 14.3. The first kappa shape index (κ1) is 38.6. The van der Waals surface area contributed by atoms with Crippen molar-refractivity contribution in [3.63, 3.8) is 0 Å². The topological polar surface area (TPSA) is 149 Å². The Morgan fingerprint density at radius 2 is 1.48 bits per heavy atom. The lowest BCUT2D eigenvalue weighted by atomic mass is 9.99. The number of para-hydroxylation sites is 2. The first-order valence-electron chi connectivity index (χ1n) is 18.4. The lowest BCUT2D eigenvalue weighted by molar-refractivity contribution is -0.245. The predicted molar refractivity (Wildman–Crippen MR) is 212 cm³/mol. The average Bonchev–Trinajstić information content (AvgIpc) is 3.22. The maximum atomic E-state index is 12.6. The number of nitrogens with one attached hydrogen (secondary N) is 2. The molecule has 0 radical (unpaired) electrons. The van der Waals surface area contributed by atoms with Crippen LogP contribution in [0.15, 0.2) is 121 Å². The first-order chi connectivity index (χ1) is 26.4. The normalized spacial score (nSPS) is 16.8. The van der Waals surface area contributed by atoms with Crippen molar-refractivity contribution in [2.45, 2.75) is 81.8 Å². The van der Waals surface area contributed by atoms with Crippen LogP contribution < -0.4 is 16.4 Å². The van der Waals surface area contributed by atoms with E-state index < -0.39 is 6.29 Å². The van der Waals surface area contributed by atoms with E-state index in [2.05, 4.69) is 44.9 Å². The number of aliphatic hydroxyl groups is 1. The van der Waals surface area contributed by atoms with E-state index in [-0.39, 0.29) is 30.6 Å². The van der Waals surface area contributed by atoms with Crippen LogP contribution in [-0.4, -0.2) is 38.7 Å². The van der Waals surface area contributed by atoms with Crippen molar-refractivity contribution < 1.29 is 24.2 Å². The molecule has 11 heteroatoms. The number of rotatable bonds is 17. The Morgan fingerprint density at radius 1 is 0.759 bits per heavy atom. The molecular weight excluding hydrogens is 699 g/mol. The molecule has 10 nitrogen and oxygen atoms in total. The summed E-state index contributed by atoms with van der Waals surface area (Å²) in [5.74, 6) is 0.652. The number of thioether (sulfide) groups is 1. The van der Waals surface area contributed by atoms with Gasteiger partial charge in [-0.1, -0.05) is 103 Å². The summed E-state index contributed by atoms with van der Waals surface area (Å²) in [5, 5.41) is 16.1. The van der Waals surface area contributed by atoms with Crippen LogP contribution in [0.5, 0.6) is 0 Å². The van der Waals surface area contributed by atoms with Crippen molar-refractivity contribution in [2.75, 3.05) is 16.8 Å². The summed E-state index contributed by atoms with van der Waals surface area (Å²) in [6.45, 7) is 0.446. The molecule has 280 valence electrons. The molecule has 1 aliphatic heterocycles. The van der Waals surface area contributed by atoms with E-state index in [1.165, 1.54) is 0 Å². The predicted octanol–water partition coefficient (Wildman–Crippen LogP) is 8.15. The Labute approximate surface area is 320 Å². The molecule has 0 bridgehead atoms. The molecule has 5 N–H and O–H groups in total. The number of carbonyl (C=O) groups excluding carboxylic acids is 2. The number of hydrogen-bond acceptors (Lipinski definition) is 9. The highest BCUT2D eigenvalue weighted by Gasteiger charge is 2.32. The van der Waals surface area contributed by atoms with E-state index in [0.29, 0.717) is 48.1 Å². The summed E-state index contributed by atoms with van der Waals surface area (Å²) in [7, 11) is 0. The molecule has 2 amide bonds. The molecular formula is C43H47N5O5S. The summed E-state index contributed by atoms with van der Waals surface area (Å²) in [4.78, 5) is 33.5. The van der Waals surface area contributed by atoms with Crippen molar-refractivity contribution in [3.05, 3.63) is 138 Å². The van der Waals surface area contributed by atoms with Gasteiger partial charge in [-0.05, 0) is 64.9 Å². The molecule has 3 unspecified atom stereocenters. The van der Waals surface area contributed by atoms with Gasteiger partial charge in [0.2, 0.25) is 11.8 Å². The molecule has 6 rings (SSSR count). The van der Waals surface area contributed by atoms with Gasteiger partial charge in [-0.3, -0.25) is 9.59 Å². The molecule has 1 fully saturated rings. The van der Waals surface area contributed by atoms with Crippen molar-refractivity contribution in [3.8, 4) is 11.1 Å². The Hall–Kier alpha value is -5.07. The van der Waals surface area contributed by atoms with Gasteiger partial charge < -0.3 is 30.9 Å². The maximum absolute atomic E-state index is 12.6. The van der Waals surface area contributed by atoms with Crippen molar-refractivity contribution in [2.24, 2.45) is 0 Å². The summed E-state index contributed by atoms with van der Waals surface area (Å²) >= 11 is 1.56. The Bertz CT molecular complexity index is 1940. The van der Waals surface area contributed by atoms with Crippen molar-refractivity contribution in [1.29, 1.82) is 0 Å². The monoisotopic (exact) mass is 745 g/mol. The zero-order chi connectivity index (χ0) is 37.5. The SMILES string of the molecule is Nc1ccccc1NC(=O)CCCCCCC(=O)NCc1cccc(-c2ccc(C3OC(CSc4ncccn4)CC(c4ccc(CO)cc4)O3)cc2)c1. The third kappa shape index (κ3) is 11.5. The van der Waals surface area contributed by atoms with Crippen LogP contribution in [0.25, 0.3) is 11.1 Å². The number of amides is 2. The van der Waals surface area contributed by atoms with E-state index >= 15 is 0 Å². The van der Waals surface area contributed by atoms with Gasteiger partial charge in [-0.15, -0.1) is 0 Å². The highest BCUT2D eigenvalue weighted by molar-refractivity contribution is 7.99. The Morgan fingerprint density at radius 3 is 2.22 bits per heavy atom. The quantitative estimate of drug-likeness (QED) is 0.0320. The van der Waals surface area contributed by atoms with Crippen LogP contribution in [0.1, 0.15) is 79.6 Å². The van der Waals surface area contributed by atoms with Gasteiger partial charge in [0, 0.05) is 49.5 Å². The number of aromatic nitrogens is 2. The second-order valence-electron chi connectivity index (χ2n) is 13.3. The number of carbonyl (C=O) groups is 2. The van der Waals surface area contributed by atoms with Crippen molar-refractivity contribution >= 4 is 35.0 Å². The zero-order valence-corrected chi connectivity index (χ0v) is 31.0. The lowest BCUT2D eigenvalue weighted by Gasteiger charge is -2.36. The van der Waals surface area contributed by atoms with E-state index in [1.54, 1.807) is 42.4 Å². The van der Waals surface area contributed by atoms with Gasteiger partial charge in [0.25, 0.3) is 0 Å². The number of anilines is 2. The van der Waals surface area contributed by atoms with E-state index in [4.69, 9.17) is 15.2 Å². The van der Waals surface area contributed by atoms with Gasteiger partial charge >= 0.3 is 0 Å². The number of nitrogens with zero attached hydrogens (tertiary/aromatic N) is 2.